The quantitative estimate of drug-likeness (QED) is 0.183. The van der Waals surface area contributed by atoms with Crippen LogP contribution in [0.1, 0.15) is 12.7 Å². The van der Waals surface area contributed by atoms with E-state index in [1.165, 1.54) is 11.8 Å². The van der Waals surface area contributed by atoms with Crippen molar-refractivity contribution in [1.82, 2.24) is 20.2 Å². The third-order valence-corrected chi connectivity index (χ3v) is 5.95. The highest BCUT2D eigenvalue weighted by molar-refractivity contribution is 7.99. The Morgan fingerprint density at radius 2 is 1.94 bits per heavy atom. The maximum absolute atomic E-state index is 12.4. The number of nitrogens with zero attached hydrogens (tertiary/aromatic N) is 4. The molecule has 0 spiro atoms. The van der Waals surface area contributed by atoms with Crippen molar-refractivity contribution in [2.45, 2.75) is 12.1 Å². The van der Waals surface area contributed by atoms with E-state index in [2.05, 4.69) is 20.7 Å². The predicted octanol–water partition coefficient (Wildman–Crippen LogP) is 5.49. The second-order valence-corrected chi connectivity index (χ2v) is 8.71. The predicted molar refractivity (Wildman–Crippen MR) is 138 cm³/mol. The first-order valence-electron chi connectivity index (χ1n) is 10.6. The summed E-state index contributed by atoms with van der Waals surface area (Å²) in [6.07, 6.45) is 4.97. The number of hydrogen-bond acceptors (Lipinski definition) is 7. The third kappa shape index (κ3) is 6.40. The number of halogens is 1. The molecule has 8 nitrogen and oxygen atoms in total. The van der Waals surface area contributed by atoms with Gasteiger partial charge in [-0.2, -0.15) is 5.10 Å². The molecule has 0 bridgehead atoms. The number of hydrazone groups is 1. The molecule has 0 aliphatic carbocycles. The molecule has 4 aromatic rings. The number of carbonyl (C=O) groups is 1. The molecule has 178 valence electrons. The Hall–Kier alpha value is -3.82. The first-order valence-corrected chi connectivity index (χ1v) is 11.9. The van der Waals surface area contributed by atoms with E-state index in [1.54, 1.807) is 37.8 Å². The van der Waals surface area contributed by atoms with E-state index in [0.717, 1.165) is 22.6 Å². The number of ether oxygens (including phenoxy) is 1. The fraction of sp³-hybridized carbons (Fsp3) is 0.120. The lowest BCUT2D eigenvalue weighted by Crippen LogP contribution is -2.20. The number of methoxy groups -OCH3 is 1. The van der Waals surface area contributed by atoms with Crippen molar-refractivity contribution in [2.75, 3.05) is 12.9 Å². The number of nitrogens with one attached hydrogen (secondary N) is 1. The molecule has 2 heterocycles. The Bertz CT molecular complexity index is 1330. The smallest absolute Gasteiger partial charge is 0.250 e. The van der Waals surface area contributed by atoms with Crippen LogP contribution in [0, 0.1) is 0 Å². The summed E-state index contributed by atoms with van der Waals surface area (Å²) in [6.45, 7) is 1.86. The summed E-state index contributed by atoms with van der Waals surface area (Å²) in [7, 11) is 1.62. The van der Waals surface area contributed by atoms with Crippen molar-refractivity contribution < 1.29 is 13.9 Å². The molecule has 0 unspecified atom stereocenters. The van der Waals surface area contributed by atoms with E-state index in [4.69, 9.17) is 20.8 Å². The fourth-order valence-corrected chi connectivity index (χ4v) is 3.99. The molecule has 1 N–H and O–H groups in total. The number of hydrogen-bond donors (Lipinski definition) is 1. The van der Waals surface area contributed by atoms with Gasteiger partial charge in [-0.3, -0.25) is 9.36 Å². The summed E-state index contributed by atoms with van der Waals surface area (Å²) in [5.41, 5.74) is 5.04. The van der Waals surface area contributed by atoms with Gasteiger partial charge in [-0.1, -0.05) is 23.4 Å². The fourth-order valence-electron chi connectivity index (χ4n) is 3.12. The van der Waals surface area contributed by atoms with Crippen LogP contribution in [0.5, 0.6) is 5.75 Å². The molecule has 0 saturated heterocycles. The summed E-state index contributed by atoms with van der Waals surface area (Å²) in [4.78, 5) is 12.4. The van der Waals surface area contributed by atoms with Gasteiger partial charge in [0.25, 0.3) is 5.91 Å². The van der Waals surface area contributed by atoms with Crippen LogP contribution in [-0.4, -0.2) is 39.7 Å². The highest BCUT2D eigenvalue weighted by Gasteiger charge is 2.17. The molecule has 10 heteroatoms. The van der Waals surface area contributed by atoms with Crippen molar-refractivity contribution in [1.29, 1.82) is 0 Å². The van der Waals surface area contributed by atoms with E-state index in [1.807, 2.05) is 60.0 Å². The van der Waals surface area contributed by atoms with E-state index in [-0.39, 0.29) is 11.7 Å². The van der Waals surface area contributed by atoms with E-state index < -0.39 is 0 Å². The Morgan fingerprint density at radius 3 is 2.63 bits per heavy atom. The number of benzene rings is 2. The zero-order chi connectivity index (χ0) is 24.6. The zero-order valence-corrected chi connectivity index (χ0v) is 20.6. The van der Waals surface area contributed by atoms with Crippen LogP contribution in [0.3, 0.4) is 0 Å². The molecule has 4 rings (SSSR count). The zero-order valence-electron chi connectivity index (χ0n) is 19.0. The minimum atomic E-state index is -0.270. The largest absolute Gasteiger partial charge is 0.497 e. The summed E-state index contributed by atoms with van der Waals surface area (Å²) in [5, 5.41) is 13.9. The minimum absolute atomic E-state index is 0.104. The molecule has 2 aromatic heterocycles. The first kappa shape index (κ1) is 24.3. The number of allylic oxidation sites excluding steroid dienone is 1. The van der Waals surface area contributed by atoms with Crippen LogP contribution in [0.15, 0.2) is 87.2 Å². The number of rotatable bonds is 9. The van der Waals surface area contributed by atoms with Gasteiger partial charge in [0.15, 0.2) is 11.0 Å². The summed E-state index contributed by atoms with van der Waals surface area (Å²) in [5.74, 6) is 1.92. The number of thioether (sulfide) groups is 1. The summed E-state index contributed by atoms with van der Waals surface area (Å²) in [6, 6.07) is 18.5. The first-order chi connectivity index (χ1) is 17.0. The van der Waals surface area contributed by atoms with E-state index in [0.29, 0.717) is 21.8 Å². The van der Waals surface area contributed by atoms with Gasteiger partial charge in [0, 0.05) is 16.3 Å². The maximum Gasteiger partial charge on any atom is 0.250 e. The molecule has 0 saturated carbocycles. The summed E-state index contributed by atoms with van der Waals surface area (Å²) >= 11 is 7.34. The Labute approximate surface area is 211 Å². The van der Waals surface area contributed by atoms with Gasteiger partial charge in [0.1, 0.15) is 11.5 Å². The van der Waals surface area contributed by atoms with Gasteiger partial charge in [-0.05, 0) is 79.2 Å². The standard InChI is InChI=1S/C25H22ClN5O3S/c1-17(14-22-4-3-13-34-22)15-27-28-23(32)16-35-25-30-29-24(18-5-11-21(33-2)12-6-18)31(25)20-9-7-19(26)8-10-20/h3-15H,16H2,1-2H3,(H,28,32)/b17-14+,27-15-. The molecule has 0 aliphatic rings. The van der Waals surface area contributed by atoms with E-state index >= 15 is 0 Å². The second-order valence-electron chi connectivity index (χ2n) is 7.33. The molecule has 1 amide bonds. The number of carbonyl (C=O) groups excluding carboxylic acids is 1. The van der Waals surface area contributed by atoms with Gasteiger partial charge in [0.2, 0.25) is 0 Å². The number of aromatic nitrogens is 3. The monoisotopic (exact) mass is 507 g/mol. The Morgan fingerprint density at radius 1 is 1.17 bits per heavy atom. The topological polar surface area (TPSA) is 94.5 Å². The average Bonchev–Trinajstić information content (AvgIpc) is 3.53. The van der Waals surface area contributed by atoms with Crippen molar-refractivity contribution in [3.8, 4) is 22.8 Å². The SMILES string of the molecule is COc1ccc(-c2nnc(SCC(=O)N/N=C\C(C)=C\c3ccco3)n2-c2ccc(Cl)cc2)cc1. The van der Waals surface area contributed by atoms with Crippen LogP contribution >= 0.6 is 23.4 Å². The van der Waals surface area contributed by atoms with Crippen LogP contribution in [0.25, 0.3) is 23.2 Å². The van der Waals surface area contributed by atoms with Crippen LogP contribution in [0.4, 0.5) is 0 Å². The highest BCUT2D eigenvalue weighted by atomic mass is 35.5. The minimum Gasteiger partial charge on any atom is -0.497 e. The third-order valence-electron chi connectivity index (χ3n) is 4.77. The van der Waals surface area contributed by atoms with Crippen molar-refractivity contribution >= 4 is 41.6 Å². The molecule has 0 aliphatic heterocycles. The lowest BCUT2D eigenvalue weighted by Gasteiger charge is -2.11. The Kier molecular flexibility index (Phi) is 8.02. The molecular weight excluding hydrogens is 486 g/mol. The molecule has 2 aromatic carbocycles. The molecular formula is C25H22ClN5O3S. The maximum atomic E-state index is 12.4. The second kappa shape index (κ2) is 11.5. The molecule has 35 heavy (non-hydrogen) atoms. The van der Waals surface area contributed by atoms with E-state index in [9.17, 15) is 4.79 Å². The molecule has 0 radical (unpaired) electrons. The van der Waals surface area contributed by atoms with Gasteiger partial charge in [-0.25, -0.2) is 5.43 Å². The van der Waals surface area contributed by atoms with Crippen LogP contribution < -0.4 is 10.2 Å². The molecule has 0 atom stereocenters. The van der Waals surface area contributed by atoms with Gasteiger partial charge < -0.3 is 9.15 Å². The van der Waals surface area contributed by atoms with Crippen molar-refractivity contribution in [3.05, 3.63) is 83.3 Å². The van der Waals surface area contributed by atoms with Gasteiger partial charge in [-0.15, -0.1) is 10.2 Å². The van der Waals surface area contributed by atoms with Crippen LogP contribution in [0.2, 0.25) is 5.02 Å². The molecule has 0 fully saturated rings. The highest BCUT2D eigenvalue weighted by Crippen LogP contribution is 2.29. The lowest BCUT2D eigenvalue weighted by atomic mass is 10.2. The normalized spacial score (nSPS) is 11.7. The summed E-state index contributed by atoms with van der Waals surface area (Å²) < 4.78 is 12.4. The van der Waals surface area contributed by atoms with Gasteiger partial charge in [0.05, 0.1) is 25.3 Å². The lowest BCUT2D eigenvalue weighted by molar-refractivity contribution is -0.118. The Balaban J connectivity index is 1.48. The van der Waals surface area contributed by atoms with Crippen molar-refractivity contribution in [3.63, 3.8) is 0 Å². The average molecular weight is 508 g/mol. The number of amides is 1. The van der Waals surface area contributed by atoms with Gasteiger partial charge >= 0.3 is 0 Å². The number of furan rings is 1. The van der Waals surface area contributed by atoms with Crippen LogP contribution in [-0.2, 0) is 4.79 Å². The van der Waals surface area contributed by atoms with Crippen molar-refractivity contribution in [2.24, 2.45) is 5.10 Å².